The Bertz CT molecular complexity index is 1410. The van der Waals surface area contributed by atoms with Crippen molar-refractivity contribution in [3.05, 3.63) is 41.7 Å². The number of aromatic amines is 1. The van der Waals surface area contributed by atoms with Crippen LogP contribution >= 0.6 is 11.6 Å². The number of nitrogens with zero attached hydrogens (tertiary/aromatic N) is 5. The molecule has 0 aromatic carbocycles. The number of fused-ring (bicyclic) bond motifs is 5. The molecule has 0 spiro atoms. The summed E-state index contributed by atoms with van der Waals surface area (Å²) in [5.74, 6) is 0.892. The predicted octanol–water partition coefficient (Wildman–Crippen LogP) is 4.77. The molecule has 3 aliphatic rings. The van der Waals surface area contributed by atoms with Gasteiger partial charge in [-0.3, -0.25) is 0 Å². The number of H-pyrrole nitrogens is 1. The van der Waals surface area contributed by atoms with Crippen LogP contribution in [-0.2, 0) is 0 Å². The summed E-state index contributed by atoms with van der Waals surface area (Å²) in [6.07, 6.45) is 11.0. The monoisotopic (exact) mass is 481 g/mol. The number of amides is 2. The van der Waals surface area contributed by atoms with Gasteiger partial charge in [0, 0.05) is 43.6 Å². The van der Waals surface area contributed by atoms with Crippen molar-refractivity contribution < 1.29 is 9.18 Å². The number of carbonyl (C=O) groups excluding carboxylic acids is 1. The van der Waals surface area contributed by atoms with Crippen molar-refractivity contribution in [1.82, 2.24) is 34.7 Å². The van der Waals surface area contributed by atoms with Crippen LogP contribution in [-0.4, -0.2) is 55.6 Å². The van der Waals surface area contributed by atoms with Crippen molar-refractivity contribution in [2.24, 2.45) is 11.8 Å². The van der Waals surface area contributed by atoms with Gasteiger partial charge in [0.1, 0.15) is 17.1 Å². The summed E-state index contributed by atoms with van der Waals surface area (Å²) in [6.45, 7) is 0. The van der Waals surface area contributed by atoms with Crippen LogP contribution in [0.4, 0.5) is 9.18 Å². The first-order chi connectivity index (χ1) is 16.4. The molecule has 4 aromatic heterocycles. The normalized spacial score (nSPS) is 24.1. The predicted molar refractivity (Wildman–Crippen MR) is 128 cm³/mol. The van der Waals surface area contributed by atoms with Gasteiger partial charge >= 0.3 is 6.03 Å². The molecule has 0 unspecified atom stereocenters. The molecule has 3 saturated carbocycles. The van der Waals surface area contributed by atoms with Crippen LogP contribution in [0.1, 0.15) is 31.7 Å². The average molecular weight is 482 g/mol. The molecule has 0 saturated heterocycles. The molecule has 7 rings (SSSR count). The highest BCUT2D eigenvalue weighted by Gasteiger charge is 2.46. The lowest BCUT2D eigenvalue weighted by atomic mass is 9.64. The van der Waals surface area contributed by atoms with E-state index in [0.29, 0.717) is 39.3 Å². The summed E-state index contributed by atoms with van der Waals surface area (Å²) < 4.78 is 16.0. The lowest BCUT2D eigenvalue weighted by Crippen LogP contribution is -2.55. The van der Waals surface area contributed by atoms with Crippen LogP contribution in [0.2, 0.25) is 5.02 Å². The first-order valence-corrected chi connectivity index (χ1v) is 11.9. The molecule has 34 heavy (non-hydrogen) atoms. The summed E-state index contributed by atoms with van der Waals surface area (Å²) in [5, 5.41) is 5.23. The van der Waals surface area contributed by atoms with Crippen molar-refractivity contribution in [1.29, 1.82) is 0 Å². The highest BCUT2D eigenvalue weighted by atomic mass is 35.5. The molecule has 2 N–H and O–H groups in total. The van der Waals surface area contributed by atoms with Gasteiger partial charge in [0.05, 0.1) is 28.7 Å². The summed E-state index contributed by atoms with van der Waals surface area (Å²) in [4.78, 5) is 30.8. The quantitative estimate of drug-likeness (QED) is 0.441. The molecule has 3 fully saturated rings. The second kappa shape index (κ2) is 7.94. The number of pyridine rings is 1. The van der Waals surface area contributed by atoms with E-state index in [0.717, 1.165) is 36.7 Å². The third-order valence-electron chi connectivity index (χ3n) is 7.45. The van der Waals surface area contributed by atoms with Gasteiger partial charge in [0.2, 0.25) is 0 Å². The lowest BCUT2D eigenvalue weighted by Gasteiger charge is -2.49. The van der Waals surface area contributed by atoms with Crippen LogP contribution < -0.4 is 5.32 Å². The highest BCUT2D eigenvalue weighted by Crippen LogP contribution is 2.49. The van der Waals surface area contributed by atoms with Crippen molar-refractivity contribution in [2.45, 2.75) is 37.8 Å². The maximum atomic E-state index is 13.9. The van der Waals surface area contributed by atoms with E-state index in [9.17, 15) is 9.18 Å². The van der Waals surface area contributed by atoms with E-state index in [1.807, 2.05) is 6.20 Å². The zero-order valence-corrected chi connectivity index (χ0v) is 19.7. The zero-order valence-electron chi connectivity index (χ0n) is 18.9. The lowest BCUT2D eigenvalue weighted by molar-refractivity contribution is 0.0624. The van der Waals surface area contributed by atoms with Crippen LogP contribution in [0.3, 0.4) is 0 Å². The fraction of sp³-hybridized carbons (Fsp3) is 0.417. The Hall–Kier alpha value is -3.20. The smallest absolute Gasteiger partial charge is 0.317 e. The van der Waals surface area contributed by atoms with Crippen LogP contribution in [0, 0.1) is 17.7 Å². The van der Waals surface area contributed by atoms with Gasteiger partial charge in [0.15, 0.2) is 5.82 Å². The van der Waals surface area contributed by atoms with E-state index in [1.54, 1.807) is 31.4 Å². The van der Waals surface area contributed by atoms with Crippen molar-refractivity contribution >= 4 is 39.7 Å². The van der Waals surface area contributed by atoms with Gasteiger partial charge in [-0.05, 0) is 43.6 Å². The minimum Gasteiger partial charge on any atom is -0.345 e. The van der Waals surface area contributed by atoms with E-state index in [-0.39, 0.29) is 18.1 Å². The third-order valence-corrected chi connectivity index (χ3v) is 7.76. The highest BCUT2D eigenvalue weighted by molar-refractivity contribution is 6.35. The molecular weight excluding hydrogens is 457 g/mol. The van der Waals surface area contributed by atoms with Gasteiger partial charge < -0.3 is 19.8 Å². The topological polar surface area (TPSA) is 91.7 Å². The van der Waals surface area contributed by atoms with E-state index in [2.05, 4.69) is 24.8 Å². The van der Waals surface area contributed by atoms with E-state index >= 15 is 0 Å². The molecule has 4 aromatic rings. The largest absolute Gasteiger partial charge is 0.345 e. The number of aromatic nitrogens is 5. The van der Waals surface area contributed by atoms with Gasteiger partial charge in [-0.1, -0.05) is 11.6 Å². The molecule has 2 bridgehead atoms. The second-order valence-electron chi connectivity index (χ2n) is 9.60. The second-order valence-corrected chi connectivity index (χ2v) is 10.0. The summed E-state index contributed by atoms with van der Waals surface area (Å²) in [5.41, 5.74) is 1.97. The van der Waals surface area contributed by atoms with Gasteiger partial charge in [-0.2, -0.15) is 0 Å². The van der Waals surface area contributed by atoms with Crippen LogP contribution in [0.25, 0.3) is 33.5 Å². The fourth-order valence-corrected chi connectivity index (χ4v) is 6.04. The number of hydrogen-bond acceptors (Lipinski definition) is 4. The Morgan fingerprint density at radius 3 is 2.71 bits per heavy atom. The zero-order chi connectivity index (χ0) is 23.6. The number of nitrogens with one attached hydrogen (secondary N) is 2. The molecule has 176 valence electrons. The molecule has 10 heteroatoms. The summed E-state index contributed by atoms with van der Waals surface area (Å²) in [6, 6.07) is 1.39. The Labute approximate surface area is 200 Å². The number of halogens is 2. The average Bonchev–Trinajstić information content (AvgIpc) is 3.40. The maximum absolute atomic E-state index is 13.9. The Morgan fingerprint density at radius 1 is 1.18 bits per heavy atom. The molecular formula is C24H25ClFN7O. The van der Waals surface area contributed by atoms with Crippen LogP contribution in [0.15, 0.2) is 30.9 Å². The van der Waals surface area contributed by atoms with Gasteiger partial charge in [0.25, 0.3) is 0 Å². The minimum absolute atomic E-state index is 0.00105. The first-order valence-electron chi connectivity index (χ1n) is 11.5. The Morgan fingerprint density at radius 2 is 1.94 bits per heavy atom. The van der Waals surface area contributed by atoms with Gasteiger partial charge in [-0.25, -0.2) is 24.1 Å². The summed E-state index contributed by atoms with van der Waals surface area (Å²) in [7, 11) is 3.51. The minimum atomic E-state index is -0.418. The maximum Gasteiger partial charge on any atom is 0.317 e. The van der Waals surface area contributed by atoms with Crippen molar-refractivity contribution in [3.63, 3.8) is 0 Å². The molecule has 0 aliphatic heterocycles. The van der Waals surface area contributed by atoms with Crippen LogP contribution in [0.5, 0.6) is 0 Å². The van der Waals surface area contributed by atoms with E-state index in [1.165, 1.54) is 12.3 Å². The number of carbonyl (C=O) groups is 1. The summed E-state index contributed by atoms with van der Waals surface area (Å²) >= 11 is 6.63. The standard InChI is InChI=1S/C24H25ClFN7O/c1-32(2)24(34)30-19-12-3-5-13(6-4-12)20(19)33-11-18(25)17-10-29-22(31-23(17)33)16-9-28-21-15(16)7-14(26)8-27-21/h7-13,19-20H,3-6H2,1-2H3,(H,27,28)(H,30,34)/t12?,13?,19-,20-/m0/s1. The Balaban J connectivity index is 1.47. The van der Waals surface area contributed by atoms with Gasteiger partial charge in [-0.15, -0.1) is 0 Å². The fourth-order valence-electron chi connectivity index (χ4n) is 5.80. The SMILES string of the molecule is CN(C)C(=O)N[C@H]1C2CCC(CC2)[C@@H]1n1cc(Cl)c2cnc(-c3c[nH]c4ncc(F)cc34)nc21. The molecule has 2 amide bonds. The van der Waals surface area contributed by atoms with Crippen molar-refractivity contribution in [3.8, 4) is 11.4 Å². The number of rotatable bonds is 3. The third kappa shape index (κ3) is 3.33. The first kappa shape index (κ1) is 21.3. The molecule has 0 radical (unpaired) electrons. The Kier molecular flexibility index (Phi) is 4.98. The molecule has 2 atom stereocenters. The molecule has 8 nitrogen and oxygen atoms in total. The van der Waals surface area contributed by atoms with E-state index in [4.69, 9.17) is 16.6 Å². The number of urea groups is 1. The molecule has 4 heterocycles. The van der Waals surface area contributed by atoms with Crippen molar-refractivity contribution in [2.75, 3.05) is 14.1 Å². The van der Waals surface area contributed by atoms with E-state index < -0.39 is 5.82 Å². The molecule has 3 aliphatic carbocycles. The number of hydrogen-bond donors (Lipinski definition) is 2.